The molecule has 78 valence electrons. The Balaban J connectivity index is 2.92. The second kappa shape index (κ2) is 4.67. The molecule has 1 aromatic rings. The highest BCUT2D eigenvalue weighted by Gasteiger charge is 2.12. The van der Waals surface area contributed by atoms with Gasteiger partial charge < -0.3 is 11.1 Å². The van der Waals surface area contributed by atoms with Crippen LogP contribution in [0.5, 0.6) is 0 Å². The summed E-state index contributed by atoms with van der Waals surface area (Å²) in [5, 5.41) is 11.4. The Morgan fingerprint density at radius 2 is 2.33 bits per heavy atom. The van der Waals surface area contributed by atoms with Gasteiger partial charge in [-0.1, -0.05) is 11.6 Å². The van der Waals surface area contributed by atoms with Gasteiger partial charge in [-0.15, -0.1) is 0 Å². The lowest BCUT2D eigenvalue weighted by Gasteiger charge is -2.08. The fourth-order valence-corrected chi connectivity index (χ4v) is 1.20. The summed E-state index contributed by atoms with van der Waals surface area (Å²) in [5.41, 5.74) is 6.22. The van der Waals surface area contributed by atoms with Crippen LogP contribution < -0.4 is 11.1 Å². The van der Waals surface area contributed by atoms with Crippen LogP contribution in [0.3, 0.4) is 0 Å². The Bertz CT molecular complexity index is 425. The monoisotopic (exact) mass is 223 g/mol. The van der Waals surface area contributed by atoms with Crippen LogP contribution in [-0.4, -0.2) is 11.9 Å². The third kappa shape index (κ3) is 2.86. The number of anilines is 1. The molecule has 0 bridgehead atoms. The molecule has 0 aliphatic rings. The van der Waals surface area contributed by atoms with Crippen molar-refractivity contribution >= 4 is 23.2 Å². The second-order valence-electron chi connectivity index (χ2n) is 3.06. The Hall–Kier alpha value is -1.73. The van der Waals surface area contributed by atoms with Crippen LogP contribution in [0.25, 0.3) is 0 Å². The summed E-state index contributed by atoms with van der Waals surface area (Å²) in [6.45, 7) is 1.58. The maximum Gasteiger partial charge on any atom is 0.254 e. The molecule has 0 saturated heterocycles. The third-order valence-electron chi connectivity index (χ3n) is 1.80. The molecule has 0 aromatic heterocycles. The number of nitrogens with zero attached hydrogens (tertiary/aromatic N) is 1. The van der Waals surface area contributed by atoms with Gasteiger partial charge in [0, 0.05) is 10.7 Å². The molecule has 1 rings (SSSR count). The number of hydrogen-bond acceptors (Lipinski definition) is 3. The minimum Gasteiger partial charge on any atom is -0.398 e. The van der Waals surface area contributed by atoms with Crippen LogP contribution in [0.1, 0.15) is 17.3 Å². The molecule has 3 N–H and O–H groups in total. The summed E-state index contributed by atoms with van der Waals surface area (Å²) in [6.07, 6.45) is 0. The van der Waals surface area contributed by atoms with Gasteiger partial charge in [0.2, 0.25) is 0 Å². The van der Waals surface area contributed by atoms with Crippen LogP contribution in [-0.2, 0) is 0 Å². The topological polar surface area (TPSA) is 78.9 Å². The van der Waals surface area contributed by atoms with Gasteiger partial charge in [-0.3, -0.25) is 4.79 Å². The smallest absolute Gasteiger partial charge is 0.254 e. The van der Waals surface area contributed by atoms with Crippen molar-refractivity contribution < 1.29 is 4.79 Å². The Kier molecular flexibility index (Phi) is 3.53. The minimum atomic E-state index is -0.559. The molecule has 0 saturated carbocycles. The molecule has 15 heavy (non-hydrogen) atoms. The Morgan fingerprint density at radius 3 is 2.93 bits per heavy atom. The predicted octanol–water partition coefficient (Wildman–Crippen LogP) is 1.56. The number of nitrogens with one attached hydrogen (secondary N) is 1. The zero-order chi connectivity index (χ0) is 11.4. The highest BCUT2D eigenvalue weighted by atomic mass is 35.5. The van der Waals surface area contributed by atoms with Crippen molar-refractivity contribution in [2.45, 2.75) is 13.0 Å². The van der Waals surface area contributed by atoms with Crippen LogP contribution >= 0.6 is 11.6 Å². The van der Waals surface area contributed by atoms with Crippen molar-refractivity contribution in [1.82, 2.24) is 5.32 Å². The van der Waals surface area contributed by atoms with Crippen molar-refractivity contribution in [3.8, 4) is 6.07 Å². The fourth-order valence-electron chi connectivity index (χ4n) is 1.03. The van der Waals surface area contributed by atoms with Crippen molar-refractivity contribution in [3.05, 3.63) is 28.8 Å². The fraction of sp³-hybridized carbons (Fsp3) is 0.200. The molecule has 0 radical (unpaired) electrons. The minimum absolute atomic E-state index is 0.282. The maximum absolute atomic E-state index is 11.6. The summed E-state index contributed by atoms with van der Waals surface area (Å²) in [7, 11) is 0. The number of carbonyl (C=O) groups is 1. The molecule has 0 fully saturated rings. The largest absolute Gasteiger partial charge is 0.398 e. The van der Waals surface area contributed by atoms with Crippen LogP contribution in [0.15, 0.2) is 18.2 Å². The van der Waals surface area contributed by atoms with E-state index in [1.807, 2.05) is 6.07 Å². The van der Waals surface area contributed by atoms with E-state index < -0.39 is 11.9 Å². The van der Waals surface area contributed by atoms with E-state index in [1.165, 1.54) is 6.07 Å². The van der Waals surface area contributed by atoms with Crippen molar-refractivity contribution in [2.24, 2.45) is 0 Å². The average molecular weight is 224 g/mol. The van der Waals surface area contributed by atoms with Gasteiger partial charge in [-0.25, -0.2) is 0 Å². The normalized spacial score (nSPS) is 11.5. The first kappa shape index (κ1) is 11.3. The van der Waals surface area contributed by atoms with Crippen LogP contribution in [0, 0.1) is 11.3 Å². The summed E-state index contributed by atoms with van der Waals surface area (Å²) in [4.78, 5) is 11.6. The van der Waals surface area contributed by atoms with Gasteiger partial charge in [0.1, 0.15) is 6.04 Å². The van der Waals surface area contributed by atoms with Gasteiger partial charge >= 0.3 is 0 Å². The van der Waals surface area contributed by atoms with E-state index in [-0.39, 0.29) is 5.56 Å². The van der Waals surface area contributed by atoms with Gasteiger partial charge in [-0.05, 0) is 25.1 Å². The maximum atomic E-state index is 11.6. The lowest BCUT2D eigenvalue weighted by atomic mass is 10.1. The van der Waals surface area contributed by atoms with Gasteiger partial charge in [0.15, 0.2) is 0 Å². The SMILES string of the molecule is CC(C#N)NC(=O)c1cc(Cl)ccc1N. The Labute approximate surface area is 92.6 Å². The molecule has 0 spiro atoms. The molecule has 1 atom stereocenters. The summed E-state index contributed by atoms with van der Waals surface area (Å²) in [6, 6.07) is 5.95. The predicted molar refractivity (Wildman–Crippen MR) is 58.4 cm³/mol. The molecule has 0 aliphatic heterocycles. The third-order valence-corrected chi connectivity index (χ3v) is 2.04. The number of nitrogen functional groups attached to an aromatic ring is 1. The van der Waals surface area contributed by atoms with Gasteiger partial charge in [0.25, 0.3) is 5.91 Å². The molecule has 1 unspecified atom stereocenters. The number of hydrogen-bond donors (Lipinski definition) is 2. The van der Waals surface area contributed by atoms with E-state index >= 15 is 0 Å². The number of nitriles is 1. The number of rotatable bonds is 2. The molecule has 5 heteroatoms. The van der Waals surface area contributed by atoms with E-state index in [2.05, 4.69) is 5.32 Å². The first-order chi connectivity index (χ1) is 7.04. The quantitative estimate of drug-likeness (QED) is 0.747. The number of nitrogens with two attached hydrogens (primary N) is 1. The number of carbonyl (C=O) groups excluding carboxylic acids is 1. The number of amides is 1. The highest BCUT2D eigenvalue weighted by Crippen LogP contribution is 2.17. The van der Waals surface area contributed by atoms with E-state index in [1.54, 1.807) is 19.1 Å². The standard InChI is InChI=1S/C10H10ClN3O/c1-6(5-12)14-10(15)8-4-7(11)2-3-9(8)13/h2-4,6H,13H2,1H3,(H,14,15). The first-order valence-electron chi connectivity index (χ1n) is 4.30. The number of benzene rings is 1. The van der Waals surface area contributed by atoms with E-state index in [0.717, 1.165) is 0 Å². The molecular formula is C10H10ClN3O. The summed E-state index contributed by atoms with van der Waals surface area (Å²) in [5.74, 6) is -0.399. The van der Waals surface area contributed by atoms with E-state index in [0.29, 0.717) is 10.7 Å². The van der Waals surface area contributed by atoms with Crippen molar-refractivity contribution in [2.75, 3.05) is 5.73 Å². The molecule has 1 amide bonds. The average Bonchev–Trinajstić information content (AvgIpc) is 2.21. The van der Waals surface area contributed by atoms with Gasteiger partial charge in [0.05, 0.1) is 11.6 Å². The lowest BCUT2D eigenvalue weighted by Crippen LogP contribution is -2.31. The lowest BCUT2D eigenvalue weighted by molar-refractivity contribution is 0.0948. The zero-order valence-corrected chi connectivity index (χ0v) is 8.88. The van der Waals surface area contributed by atoms with Crippen LogP contribution in [0.4, 0.5) is 5.69 Å². The summed E-state index contributed by atoms with van der Waals surface area (Å²) >= 11 is 5.73. The Morgan fingerprint density at radius 1 is 1.67 bits per heavy atom. The summed E-state index contributed by atoms with van der Waals surface area (Å²) < 4.78 is 0. The molecule has 1 aromatic carbocycles. The van der Waals surface area contributed by atoms with E-state index in [4.69, 9.17) is 22.6 Å². The molecule has 0 aliphatic carbocycles. The zero-order valence-electron chi connectivity index (χ0n) is 8.12. The molecule has 4 nitrogen and oxygen atoms in total. The second-order valence-corrected chi connectivity index (χ2v) is 3.49. The van der Waals surface area contributed by atoms with Crippen molar-refractivity contribution in [1.29, 1.82) is 5.26 Å². The first-order valence-corrected chi connectivity index (χ1v) is 4.68. The molecular weight excluding hydrogens is 214 g/mol. The molecule has 0 heterocycles. The highest BCUT2D eigenvalue weighted by molar-refractivity contribution is 6.31. The van der Waals surface area contributed by atoms with E-state index in [9.17, 15) is 4.79 Å². The number of halogens is 1. The van der Waals surface area contributed by atoms with Crippen molar-refractivity contribution in [3.63, 3.8) is 0 Å². The van der Waals surface area contributed by atoms with Gasteiger partial charge in [-0.2, -0.15) is 5.26 Å². The van der Waals surface area contributed by atoms with Crippen LogP contribution in [0.2, 0.25) is 5.02 Å².